The Hall–Kier alpha value is -0.0800. The summed E-state index contributed by atoms with van der Waals surface area (Å²) in [6, 6.07) is 0. The molecule has 0 bridgehead atoms. The number of rotatable bonds is 5. The second-order valence-electron chi connectivity index (χ2n) is 4.59. The van der Waals surface area contributed by atoms with E-state index in [1.165, 1.54) is 32.1 Å². The third kappa shape index (κ3) is 4.43. The Morgan fingerprint density at radius 2 is 1.86 bits per heavy atom. The third-order valence-corrected chi connectivity index (χ3v) is 3.35. The van der Waals surface area contributed by atoms with Crippen LogP contribution in [0.15, 0.2) is 0 Å². The number of methoxy groups -OCH3 is 1. The van der Waals surface area contributed by atoms with Crippen molar-refractivity contribution in [2.75, 3.05) is 13.7 Å². The summed E-state index contributed by atoms with van der Waals surface area (Å²) in [4.78, 5) is 0. The first-order valence-corrected chi connectivity index (χ1v) is 5.86. The van der Waals surface area contributed by atoms with Crippen molar-refractivity contribution in [1.29, 1.82) is 0 Å². The molecular weight excluding hydrogens is 176 g/mol. The van der Waals surface area contributed by atoms with Gasteiger partial charge in [-0.05, 0) is 25.2 Å². The van der Waals surface area contributed by atoms with E-state index >= 15 is 0 Å². The van der Waals surface area contributed by atoms with Crippen LogP contribution in [0.4, 0.5) is 0 Å². The van der Waals surface area contributed by atoms with Gasteiger partial charge in [0.25, 0.3) is 0 Å². The maximum atomic E-state index is 5.50. The van der Waals surface area contributed by atoms with Gasteiger partial charge in [-0.2, -0.15) is 0 Å². The Morgan fingerprint density at radius 1 is 1.21 bits per heavy atom. The minimum absolute atomic E-state index is 0.0440. The van der Waals surface area contributed by atoms with Gasteiger partial charge in [0, 0.05) is 13.7 Å². The van der Waals surface area contributed by atoms with Crippen LogP contribution >= 0.6 is 0 Å². The lowest BCUT2D eigenvalue weighted by Crippen LogP contribution is -2.17. The van der Waals surface area contributed by atoms with Crippen LogP contribution in [0.1, 0.15) is 46.0 Å². The standard InChI is InChI=1S/C12H24O2/c1-10-4-6-12(7-5-10)8-9-14-11(2)13-3/h10-12H,4-9H2,1-3H3. The minimum atomic E-state index is -0.0440. The normalized spacial score (nSPS) is 30.2. The van der Waals surface area contributed by atoms with Gasteiger partial charge in [-0.15, -0.1) is 0 Å². The van der Waals surface area contributed by atoms with Gasteiger partial charge in [-0.25, -0.2) is 0 Å². The fourth-order valence-electron chi connectivity index (χ4n) is 2.09. The monoisotopic (exact) mass is 200 g/mol. The van der Waals surface area contributed by atoms with Crippen LogP contribution in [0.2, 0.25) is 0 Å². The molecule has 0 spiro atoms. The second-order valence-corrected chi connectivity index (χ2v) is 4.59. The van der Waals surface area contributed by atoms with Gasteiger partial charge in [-0.1, -0.05) is 32.6 Å². The van der Waals surface area contributed by atoms with Crippen molar-refractivity contribution in [3.8, 4) is 0 Å². The first kappa shape index (κ1) is 12.0. The van der Waals surface area contributed by atoms with Gasteiger partial charge in [0.05, 0.1) is 0 Å². The molecule has 84 valence electrons. The highest BCUT2D eigenvalue weighted by molar-refractivity contribution is 4.69. The molecule has 1 aliphatic carbocycles. The Bertz CT molecular complexity index is 139. The molecule has 1 rings (SSSR count). The highest BCUT2D eigenvalue weighted by atomic mass is 16.7. The summed E-state index contributed by atoms with van der Waals surface area (Å²) in [5, 5.41) is 0. The topological polar surface area (TPSA) is 18.5 Å². The highest BCUT2D eigenvalue weighted by Crippen LogP contribution is 2.30. The molecule has 1 fully saturated rings. The molecule has 1 atom stereocenters. The van der Waals surface area contributed by atoms with Crippen molar-refractivity contribution in [3.63, 3.8) is 0 Å². The molecule has 0 heterocycles. The lowest BCUT2D eigenvalue weighted by molar-refractivity contribution is -0.114. The molecular formula is C12H24O2. The molecule has 0 amide bonds. The molecule has 14 heavy (non-hydrogen) atoms. The summed E-state index contributed by atoms with van der Waals surface area (Å²) in [6.45, 7) is 5.16. The molecule has 0 aliphatic heterocycles. The van der Waals surface area contributed by atoms with E-state index in [0.29, 0.717) is 0 Å². The zero-order chi connectivity index (χ0) is 10.4. The highest BCUT2D eigenvalue weighted by Gasteiger charge is 2.17. The molecule has 2 nitrogen and oxygen atoms in total. The molecule has 1 unspecified atom stereocenters. The number of hydrogen-bond acceptors (Lipinski definition) is 2. The first-order chi connectivity index (χ1) is 6.72. The Kier molecular flexibility index (Phi) is 5.49. The summed E-state index contributed by atoms with van der Waals surface area (Å²) >= 11 is 0. The average Bonchev–Trinajstić information content (AvgIpc) is 2.21. The smallest absolute Gasteiger partial charge is 0.154 e. The van der Waals surface area contributed by atoms with Gasteiger partial charge < -0.3 is 9.47 Å². The van der Waals surface area contributed by atoms with Crippen LogP contribution in [0.3, 0.4) is 0 Å². The van der Waals surface area contributed by atoms with Gasteiger partial charge >= 0.3 is 0 Å². The fourth-order valence-corrected chi connectivity index (χ4v) is 2.09. The Balaban J connectivity index is 2.02. The van der Waals surface area contributed by atoms with E-state index < -0.39 is 0 Å². The molecule has 0 N–H and O–H groups in total. The van der Waals surface area contributed by atoms with E-state index in [-0.39, 0.29) is 6.29 Å². The van der Waals surface area contributed by atoms with Crippen LogP contribution in [0.5, 0.6) is 0 Å². The van der Waals surface area contributed by atoms with E-state index in [4.69, 9.17) is 9.47 Å². The lowest BCUT2D eigenvalue weighted by Gasteiger charge is -2.26. The van der Waals surface area contributed by atoms with Crippen LogP contribution < -0.4 is 0 Å². The fraction of sp³-hybridized carbons (Fsp3) is 1.00. The van der Waals surface area contributed by atoms with Crippen molar-refractivity contribution in [1.82, 2.24) is 0 Å². The lowest BCUT2D eigenvalue weighted by atomic mass is 9.82. The van der Waals surface area contributed by atoms with E-state index in [9.17, 15) is 0 Å². The predicted octanol–water partition coefficient (Wildman–Crippen LogP) is 3.21. The van der Waals surface area contributed by atoms with Crippen molar-refractivity contribution < 1.29 is 9.47 Å². The van der Waals surface area contributed by atoms with Gasteiger partial charge in [0.2, 0.25) is 0 Å². The second kappa shape index (κ2) is 6.41. The summed E-state index contributed by atoms with van der Waals surface area (Å²) < 4.78 is 10.5. The van der Waals surface area contributed by atoms with Crippen LogP contribution in [-0.2, 0) is 9.47 Å². The van der Waals surface area contributed by atoms with Gasteiger partial charge in [0.15, 0.2) is 6.29 Å². The van der Waals surface area contributed by atoms with E-state index in [1.54, 1.807) is 7.11 Å². The summed E-state index contributed by atoms with van der Waals surface area (Å²) in [5.74, 6) is 1.85. The van der Waals surface area contributed by atoms with Gasteiger partial charge in [0.1, 0.15) is 0 Å². The van der Waals surface area contributed by atoms with E-state index in [0.717, 1.165) is 18.4 Å². The van der Waals surface area contributed by atoms with Crippen molar-refractivity contribution in [3.05, 3.63) is 0 Å². The van der Waals surface area contributed by atoms with E-state index in [2.05, 4.69) is 6.92 Å². The molecule has 0 aromatic rings. The number of hydrogen-bond donors (Lipinski definition) is 0. The predicted molar refractivity (Wildman–Crippen MR) is 58.2 cm³/mol. The van der Waals surface area contributed by atoms with Crippen LogP contribution in [0, 0.1) is 11.8 Å². The maximum absolute atomic E-state index is 5.50. The SMILES string of the molecule is COC(C)OCCC1CCC(C)CC1. The molecule has 0 saturated heterocycles. The van der Waals surface area contributed by atoms with E-state index in [1.807, 2.05) is 6.92 Å². The van der Waals surface area contributed by atoms with Crippen molar-refractivity contribution in [2.45, 2.75) is 52.2 Å². The van der Waals surface area contributed by atoms with Gasteiger partial charge in [-0.3, -0.25) is 0 Å². The Morgan fingerprint density at radius 3 is 2.43 bits per heavy atom. The van der Waals surface area contributed by atoms with Crippen molar-refractivity contribution in [2.24, 2.45) is 11.8 Å². The van der Waals surface area contributed by atoms with Crippen LogP contribution in [0.25, 0.3) is 0 Å². The summed E-state index contributed by atoms with van der Waals surface area (Å²) in [7, 11) is 1.69. The first-order valence-electron chi connectivity index (χ1n) is 5.86. The molecule has 0 radical (unpaired) electrons. The molecule has 0 aromatic carbocycles. The molecule has 1 saturated carbocycles. The largest absolute Gasteiger partial charge is 0.356 e. The maximum Gasteiger partial charge on any atom is 0.154 e. The minimum Gasteiger partial charge on any atom is -0.356 e. The summed E-state index contributed by atoms with van der Waals surface area (Å²) in [5.41, 5.74) is 0. The zero-order valence-corrected chi connectivity index (χ0v) is 9.79. The van der Waals surface area contributed by atoms with Crippen LogP contribution in [-0.4, -0.2) is 20.0 Å². The quantitative estimate of drug-likeness (QED) is 0.634. The molecule has 2 heteroatoms. The third-order valence-electron chi connectivity index (χ3n) is 3.35. The Labute approximate surface area is 88.0 Å². The molecule has 1 aliphatic rings. The molecule has 0 aromatic heterocycles. The summed E-state index contributed by atoms with van der Waals surface area (Å²) in [6.07, 6.45) is 6.77. The van der Waals surface area contributed by atoms with Crippen molar-refractivity contribution >= 4 is 0 Å². The number of ether oxygens (including phenoxy) is 2. The zero-order valence-electron chi connectivity index (χ0n) is 9.79. The average molecular weight is 200 g/mol.